The summed E-state index contributed by atoms with van der Waals surface area (Å²) < 4.78 is 25.4. The third-order valence-electron chi connectivity index (χ3n) is 3.00. The van der Waals surface area contributed by atoms with Crippen LogP contribution in [0.25, 0.3) is 0 Å². The Morgan fingerprint density at radius 3 is 2.52 bits per heavy atom. The van der Waals surface area contributed by atoms with Gasteiger partial charge in [-0.1, -0.05) is 18.2 Å². The fourth-order valence-electron chi connectivity index (χ4n) is 1.94. The number of sulfone groups is 1. The summed E-state index contributed by atoms with van der Waals surface area (Å²) in [7, 11) is -3.99. The van der Waals surface area contributed by atoms with Crippen molar-refractivity contribution in [3.63, 3.8) is 0 Å². The maximum absolute atomic E-state index is 12.7. The molecule has 0 saturated heterocycles. The summed E-state index contributed by atoms with van der Waals surface area (Å²) in [5, 5.41) is 30.0. The first kappa shape index (κ1) is 16.9. The van der Waals surface area contributed by atoms with E-state index in [4.69, 9.17) is 10.3 Å². The Morgan fingerprint density at radius 1 is 1.17 bits per heavy atom. The molecular formula is C14H14N2O6S. The molecule has 0 bridgehead atoms. The highest BCUT2D eigenvalue weighted by atomic mass is 32.2. The number of carboxylic acid groups (broad SMARTS) is 1. The third kappa shape index (κ3) is 3.85. The van der Waals surface area contributed by atoms with E-state index in [9.17, 15) is 18.4 Å². The van der Waals surface area contributed by atoms with E-state index in [2.05, 4.69) is 5.32 Å². The lowest BCUT2D eigenvalue weighted by Gasteiger charge is -2.14. The smallest absolute Gasteiger partial charge is 0.322 e. The monoisotopic (exact) mass is 338 g/mol. The maximum Gasteiger partial charge on any atom is 0.322 e. The van der Waals surface area contributed by atoms with Gasteiger partial charge in [-0.25, -0.2) is 13.6 Å². The zero-order valence-corrected chi connectivity index (χ0v) is 12.6. The number of quaternary nitrogens is 1. The van der Waals surface area contributed by atoms with Crippen LogP contribution in [0.1, 0.15) is 0 Å². The first-order valence-corrected chi connectivity index (χ1v) is 7.94. The van der Waals surface area contributed by atoms with E-state index in [0.717, 1.165) is 6.07 Å². The molecule has 0 aliphatic carbocycles. The van der Waals surface area contributed by atoms with E-state index >= 15 is 0 Å². The van der Waals surface area contributed by atoms with E-state index in [1.54, 1.807) is 6.07 Å². The fraction of sp³-hybridized carbons (Fsp3) is 0.0714. The van der Waals surface area contributed by atoms with Gasteiger partial charge in [-0.05, 0) is 18.2 Å². The highest BCUT2D eigenvalue weighted by Gasteiger charge is 2.22. The van der Waals surface area contributed by atoms with Gasteiger partial charge in [0.15, 0.2) is 5.69 Å². The van der Waals surface area contributed by atoms with Crippen LogP contribution >= 0.6 is 0 Å². The molecule has 2 aromatic rings. The van der Waals surface area contributed by atoms with Gasteiger partial charge in [0.1, 0.15) is 6.54 Å². The van der Waals surface area contributed by atoms with Gasteiger partial charge in [0.25, 0.3) is 0 Å². The molecule has 2 aromatic carbocycles. The zero-order valence-electron chi connectivity index (χ0n) is 11.8. The zero-order chi connectivity index (χ0) is 17.0. The lowest BCUT2D eigenvalue weighted by Crippen LogP contribution is -2.99. The number of carbonyl (C=O) groups is 1. The average Bonchev–Trinajstić information content (AvgIpc) is 2.53. The molecule has 9 heteroatoms. The average molecular weight is 338 g/mol. The van der Waals surface area contributed by atoms with Gasteiger partial charge in [-0.3, -0.25) is 4.79 Å². The number of hydrogen-bond donors (Lipinski definition) is 4. The quantitative estimate of drug-likeness (QED) is 0.561. The van der Waals surface area contributed by atoms with Crippen LogP contribution in [0.5, 0.6) is 0 Å². The fourth-order valence-corrected chi connectivity index (χ4v) is 3.42. The lowest BCUT2D eigenvalue weighted by molar-refractivity contribution is -0.991. The summed E-state index contributed by atoms with van der Waals surface area (Å²) >= 11 is 0. The second-order valence-electron chi connectivity index (χ2n) is 4.58. The van der Waals surface area contributed by atoms with Crippen LogP contribution in [0.3, 0.4) is 0 Å². The van der Waals surface area contributed by atoms with Gasteiger partial charge in [0.2, 0.25) is 9.84 Å². The number of aliphatic carboxylic acids is 1. The molecule has 0 heterocycles. The Hall–Kier alpha value is -2.46. The third-order valence-corrected chi connectivity index (χ3v) is 4.81. The van der Waals surface area contributed by atoms with Crippen molar-refractivity contribution in [1.29, 1.82) is 0 Å². The number of rotatable bonds is 6. The van der Waals surface area contributed by atoms with Crippen molar-refractivity contribution in [2.45, 2.75) is 9.79 Å². The van der Waals surface area contributed by atoms with Gasteiger partial charge in [0, 0.05) is 12.1 Å². The minimum atomic E-state index is -3.99. The summed E-state index contributed by atoms with van der Waals surface area (Å²) in [6.07, 6.45) is 0. The van der Waals surface area contributed by atoms with Crippen molar-refractivity contribution >= 4 is 27.2 Å². The number of anilines is 1. The van der Waals surface area contributed by atoms with Gasteiger partial charge in [0.05, 0.1) is 15.5 Å². The Morgan fingerprint density at radius 2 is 1.87 bits per heavy atom. The van der Waals surface area contributed by atoms with E-state index in [-0.39, 0.29) is 21.2 Å². The molecule has 0 radical (unpaired) electrons. The van der Waals surface area contributed by atoms with Crippen molar-refractivity contribution in [2.24, 2.45) is 0 Å². The molecule has 0 saturated carbocycles. The van der Waals surface area contributed by atoms with Crippen LogP contribution in [0.2, 0.25) is 0 Å². The molecule has 1 atom stereocenters. The second-order valence-corrected chi connectivity index (χ2v) is 6.50. The van der Waals surface area contributed by atoms with Crippen LogP contribution in [0.15, 0.2) is 58.3 Å². The van der Waals surface area contributed by atoms with Gasteiger partial charge >= 0.3 is 5.97 Å². The summed E-state index contributed by atoms with van der Waals surface area (Å²) in [6, 6.07) is 10.8. The number of para-hydroxylation sites is 1. The summed E-state index contributed by atoms with van der Waals surface area (Å²) in [5.74, 6) is -1.13. The van der Waals surface area contributed by atoms with Crippen molar-refractivity contribution in [3.05, 3.63) is 53.7 Å². The van der Waals surface area contributed by atoms with Crippen LogP contribution in [0, 0.1) is 5.21 Å². The van der Waals surface area contributed by atoms with Crippen LogP contribution in [-0.2, 0) is 14.6 Å². The summed E-state index contributed by atoms with van der Waals surface area (Å²) in [4.78, 5) is 10.3. The highest BCUT2D eigenvalue weighted by Crippen LogP contribution is 2.28. The summed E-state index contributed by atoms with van der Waals surface area (Å²) in [5.41, 5.74) is -0.0160. The second kappa shape index (κ2) is 6.75. The predicted octanol–water partition coefficient (Wildman–Crippen LogP) is 0.419. The molecule has 0 spiro atoms. The van der Waals surface area contributed by atoms with Gasteiger partial charge in [-0.15, -0.1) is 0 Å². The molecule has 4 N–H and O–H groups in total. The molecule has 0 fully saturated rings. The number of benzene rings is 2. The van der Waals surface area contributed by atoms with Gasteiger partial charge < -0.3 is 15.6 Å². The van der Waals surface area contributed by atoms with Crippen LogP contribution in [-0.4, -0.2) is 31.2 Å². The SMILES string of the molecule is O=C(O)CNc1ccccc1S(=O)(=O)c1cccc([NH+]([O-])O)c1. The molecule has 0 aromatic heterocycles. The van der Waals surface area contributed by atoms with E-state index in [1.807, 2.05) is 0 Å². The van der Waals surface area contributed by atoms with E-state index in [1.165, 1.54) is 36.4 Å². The first-order valence-electron chi connectivity index (χ1n) is 6.45. The normalized spacial score (nSPS) is 12.6. The Kier molecular flexibility index (Phi) is 4.96. The number of hydrogen-bond acceptors (Lipinski definition) is 6. The summed E-state index contributed by atoms with van der Waals surface area (Å²) in [6.45, 7) is -0.443. The molecule has 8 nitrogen and oxygen atoms in total. The Labute approximate surface area is 132 Å². The largest absolute Gasteiger partial charge is 0.595 e. The molecule has 122 valence electrons. The molecule has 0 amide bonds. The lowest BCUT2D eigenvalue weighted by atomic mass is 10.3. The minimum Gasteiger partial charge on any atom is -0.595 e. The predicted molar refractivity (Wildman–Crippen MR) is 80.2 cm³/mol. The molecular weight excluding hydrogens is 324 g/mol. The molecule has 23 heavy (non-hydrogen) atoms. The molecule has 0 aliphatic rings. The van der Waals surface area contributed by atoms with Gasteiger partial charge in [-0.2, -0.15) is 5.23 Å². The minimum absolute atomic E-state index is 0.121. The van der Waals surface area contributed by atoms with Crippen molar-refractivity contribution in [1.82, 2.24) is 0 Å². The molecule has 1 unspecified atom stereocenters. The molecule has 0 aliphatic heterocycles. The Bertz CT molecular complexity index is 820. The highest BCUT2D eigenvalue weighted by molar-refractivity contribution is 7.91. The Balaban J connectivity index is 2.48. The van der Waals surface area contributed by atoms with Crippen LogP contribution < -0.4 is 10.5 Å². The topological polar surface area (TPSA) is 131 Å². The van der Waals surface area contributed by atoms with Crippen molar-refractivity contribution in [3.8, 4) is 0 Å². The van der Waals surface area contributed by atoms with E-state index in [0.29, 0.717) is 0 Å². The molecule has 2 rings (SSSR count). The first-order chi connectivity index (χ1) is 10.8. The van der Waals surface area contributed by atoms with Crippen molar-refractivity contribution in [2.75, 3.05) is 11.9 Å². The van der Waals surface area contributed by atoms with E-state index < -0.39 is 27.6 Å². The van der Waals surface area contributed by atoms with Crippen molar-refractivity contribution < 1.29 is 28.8 Å². The van der Waals surface area contributed by atoms with Crippen LogP contribution in [0.4, 0.5) is 11.4 Å². The number of nitrogens with one attached hydrogen (secondary N) is 2. The number of carboxylic acids is 1. The standard InChI is InChI=1S/C14H14N2O6S/c17-14(18)9-15-12-6-1-2-7-13(12)23(21,22)11-5-3-4-10(8-11)16(19)20/h1-8,15-16,19H,9H2,(H,17,18). The maximum atomic E-state index is 12.7.